The molecule has 52 heavy (non-hydrogen) atoms. The summed E-state index contributed by atoms with van der Waals surface area (Å²) in [6.07, 6.45) is 5.58. The molecule has 0 amide bonds. The fourth-order valence-corrected chi connectivity index (χ4v) is 8.47. The van der Waals surface area contributed by atoms with E-state index < -0.39 is 0 Å². The highest BCUT2D eigenvalue weighted by molar-refractivity contribution is 7.25. The smallest absolute Gasteiger partial charge is 0.269 e. The van der Waals surface area contributed by atoms with E-state index in [0.29, 0.717) is 0 Å². The monoisotopic (exact) mass is 690 g/mol. The van der Waals surface area contributed by atoms with E-state index in [1.54, 1.807) is 0 Å². The van der Waals surface area contributed by atoms with Crippen LogP contribution in [0.15, 0.2) is 152 Å². The summed E-state index contributed by atoms with van der Waals surface area (Å²) in [7, 11) is 0. The van der Waals surface area contributed by atoms with E-state index in [-0.39, 0.29) is 5.41 Å². The van der Waals surface area contributed by atoms with Gasteiger partial charge in [0.2, 0.25) is 0 Å². The van der Waals surface area contributed by atoms with Crippen LogP contribution < -0.4 is 9.30 Å². The molecule has 0 saturated carbocycles. The van der Waals surface area contributed by atoms with Crippen LogP contribution in [0.1, 0.15) is 26.3 Å². The Bertz CT molecular complexity index is 3000. The molecule has 0 unspecified atom stereocenters. The third-order valence-electron chi connectivity index (χ3n) is 9.98. The first-order chi connectivity index (χ1) is 25.4. The van der Waals surface area contributed by atoms with Gasteiger partial charge >= 0.3 is 0 Å². The highest BCUT2D eigenvalue weighted by Crippen LogP contribution is 2.37. The molecule has 10 rings (SSSR count). The Hall–Kier alpha value is -6.24. The predicted molar refractivity (Wildman–Crippen MR) is 214 cm³/mol. The van der Waals surface area contributed by atoms with Gasteiger partial charge in [-0.2, -0.15) is 0 Å². The number of nitrogens with zero attached hydrogens (tertiary/aromatic N) is 4. The SMILES string of the molecule is CC(C)(C)c1ccnc(-n2c3ccccc3c3ccc(Oc4cccc(-n5[c-][n+](-c6ccc7sc8ccccc8c7c6)c6ccccc65)c4)cc32)c1. The van der Waals surface area contributed by atoms with E-state index in [1.807, 2.05) is 29.7 Å². The molecule has 0 aliphatic carbocycles. The molecule has 0 spiro atoms. The second kappa shape index (κ2) is 11.7. The van der Waals surface area contributed by atoms with Gasteiger partial charge in [-0.1, -0.05) is 87.5 Å². The highest BCUT2D eigenvalue weighted by atomic mass is 32.1. The topological polar surface area (TPSA) is 35.9 Å². The maximum absolute atomic E-state index is 6.63. The molecule has 0 aliphatic heterocycles. The molecule has 250 valence electrons. The maximum Gasteiger partial charge on any atom is 0.269 e. The van der Waals surface area contributed by atoms with Gasteiger partial charge in [-0.15, -0.1) is 11.3 Å². The van der Waals surface area contributed by atoms with Crippen molar-refractivity contribution in [3.05, 3.63) is 164 Å². The number of para-hydroxylation sites is 3. The number of hydrogen-bond acceptors (Lipinski definition) is 3. The molecule has 10 aromatic rings. The summed E-state index contributed by atoms with van der Waals surface area (Å²) in [4.78, 5) is 4.84. The molecule has 0 N–H and O–H groups in total. The second-order valence-corrected chi connectivity index (χ2v) is 15.4. The number of benzene rings is 6. The summed E-state index contributed by atoms with van der Waals surface area (Å²) in [6, 6.07) is 51.2. The Morgan fingerprint density at radius 3 is 2.25 bits per heavy atom. The van der Waals surface area contributed by atoms with Crippen LogP contribution in [0.3, 0.4) is 0 Å². The van der Waals surface area contributed by atoms with Crippen LogP contribution in [0.25, 0.3) is 70.2 Å². The van der Waals surface area contributed by atoms with Crippen LogP contribution in [-0.2, 0) is 5.41 Å². The van der Waals surface area contributed by atoms with Gasteiger partial charge in [0.15, 0.2) is 0 Å². The lowest BCUT2D eigenvalue weighted by Crippen LogP contribution is -2.29. The first-order valence-corrected chi connectivity index (χ1v) is 18.4. The average Bonchev–Trinajstić information content (AvgIpc) is 3.84. The minimum absolute atomic E-state index is 0.00395. The molecular weight excluding hydrogens is 657 g/mol. The summed E-state index contributed by atoms with van der Waals surface area (Å²) in [5.74, 6) is 2.40. The summed E-state index contributed by atoms with van der Waals surface area (Å²) >= 11 is 1.83. The zero-order valence-corrected chi connectivity index (χ0v) is 29.9. The van der Waals surface area contributed by atoms with Crippen molar-refractivity contribution in [2.24, 2.45) is 0 Å². The van der Waals surface area contributed by atoms with Gasteiger partial charge in [-0.25, -0.2) is 4.98 Å². The van der Waals surface area contributed by atoms with Gasteiger partial charge in [-0.3, -0.25) is 13.7 Å². The van der Waals surface area contributed by atoms with Gasteiger partial charge in [0.05, 0.1) is 33.4 Å². The number of rotatable bonds is 5. The summed E-state index contributed by atoms with van der Waals surface area (Å²) in [5.41, 5.74) is 7.59. The number of aromatic nitrogens is 4. The molecule has 0 fully saturated rings. The molecule has 6 heteroatoms. The highest BCUT2D eigenvalue weighted by Gasteiger charge is 2.19. The van der Waals surface area contributed by atoms with E-state index in [9.17, 15) is 0 Å². The molecular formula is C46H34N4OS. The van der Waals surface area contributed by atoms with Crippen LogP contribution in [0.4, 0.5) is 0 Å². The van der Waals surface area contributed by atoms with Crippen molar-refractivity contribution in [2.45, 2.75) is 26.2 Å². The molecule has 0 aliphatic rings. The summed E-state index contributed by atoms with van der Waals surface area (Å²) < 4.78 is 15.7. The van der Waals surface area contributed by atoms with E-state index in [1.165, 1.54) is 31.1 Å². The molecule has 5 nitrogen and oxygen atoms in total. The lowest BCUT2D eigenvalue weighted by atomic mass is 9.88. The summed E-state index contributed by atoms with van der Waals surface area (Å²) in [5, 5.41) is 4.89. The molecule has 4 aromatic heterocycles. The van der Waals surface area contributed by atoms with Crippen molar-refractivity contribution in [3.8, 4) is 28.7 Å². The Kier molecular flexibility index (Phi) is 6.85. The minimum atomic E-state index is 0.00395. The maximum atomic E-state index is 6.63. The van der Waals surface area contributed by atoms with E-state index in [0.717, 1.165) is 56.1 Å². The molecule has 0 bridgehead atoms. The predicted octanol–water partition coefficient (Wildman–Crippen LogP) is 11.7. The molecule has 0 radical (unpaired) electrons. The minimum Gasteiger partial charge on any atom is -0.458 e. The van der Waals surface area contributed by atoms with E-state index in [4.69, 9.17) is 9.72 Å². The van der Waals surface area contributed by atoms with E-state index in [2.05, 4.69) is 174 Å². The Morgan fingerprint density at radius 2 is 1.37 bits per heavy atom. The molecule has 4 heterocycles. The summed E-state index contributed by atoms with van der Waals surface area (Å²) in [6.45, 7) is 6.70. The molecule has 0 atom stereocenters. The number of fused-ring (bicyclic) bond motifs is 7. The van der Waals surface area contributed by atoms with Crippen molar-refractivity contribution in [2.75, 3.05) is 0 Å². The lowest BCUT2D eigenvalue weighted by molar-refractivity contribution is -0.572. The van der Waals surface area contributed by atoms with Gasteiger partial charge in [0.1, 0.15) is 17.3 Å². The van der Waals surface area contributed by atoms with Gasteiger partial charge < -0.3 is 4.74 Å². The molecule has 0 saturated heterocycles. The second-order valence-electron chi connectivity index (χ2n) is 14.3. The lowest BCUT2D eigenvalue weighted by Gasteiger charge is -2.20. The van der Waals surface area contributed by atoms with Crippen molar-refractivity contribution in [3.63, 3.8) is 0 Å². The fourth-order valence-electron chi connectivity index (χ4n) is 7.39. The number of hydrogen-bond donors (Lipinski definition) is 0. The number of thiophene rings is 1. The fraction of sp³-hybridized carbons (Fsp3) is 0.0870. The third kappa shape index (κ3) is 4.98. The van der Waals surface area contributed by atoms with Crippen molar-refractivity contribution in [1.29, 1.82) is 0 Å². The quantitative estimate of drug-likeness (QED) is 0.133. The van der Waals surface area contributed by atoms with Crippen molar-refractivity contribution >= 4 is 64.3 Å². The number of imidazole rings is 1. The standard InChI is InChI=1S/C46H34N4OS/c1-46(2,3)30-23-24-47-45(25-30)50-39-15-6-4-13-35(39)36-21-20-34(28-42(36)50)51-33-12-10-11-31(26-33)48-29-49(41-17-8-7-16-40(41)48)32-19-22-44-38(27-32)37-14-5-9-18-43(37)52-44/h4-28H,1-3H3. The Balaban J connectivity index is 1.05. The van der Waals surface area contributed by atoms with Crippen LogP contribution in [0.2, 0.25) is 0 Å². The largest absolute Gasteiger partial charge is 0.458 e. The third-order valence-corrected chi connectivity index (χ3v) is 11.1. The van der Waals surface area contributed by atoms with Gasteiger partial charge in [0, 0.05) is 32.4 Å². The van der Waals surface area contributed by atoms with Crippen LogP contribution in [-0.4, -0.2) is 14.1 Å². The first-order valence-electron chi connectivity index (χ1n) is 17.5. The van der Waals surface area contributed by atoms with Crippen molar-refractivity contribution < 1.29 is 9.30 Å². The molecule has 6 aromatic carbocycles. The van der Waals surface area contributed by atoms with Gasteiger partial charge in [-0.05, 0) is 94.5 Å². The normalized spacial score (nSPS) is 12.1. The van der Waals surface area contributed by atoms with Crippen LogP contribution >= 0.6 is 11.3 Å². The van der Waals surface area contributed by atoms with Gasteiger partial charge in [0.25, 0.3) is 6.33 Å². The average molecular weight is 691 g/mol. The Labute approximate surface area is 305 Å². The van der Waals surface area contributed by atoms with Crippen LogP contribution in [0.5, 0.6) is 11.5 Å². The van der Waals surface area contributed by atoms with Crippen molar-refractivity contribution in [1.82, 2.24) is 14.1 Å². The number of pyridine rings is 1. The number of ether oxygens (including phenoxy) is 1. The van der Waals surface area contributed by atoms with Crippen LogP contribution in [0, 0.1) is 6.33 Å². The first kappa shape index (κ1) is 30.6. The van der Waals surface area contributed by atoms with E-state index >= 15 is 0 Å². The Morgan fingerprint density at radius 1 is 0.615 bits per heavy atom. The zero-order chi connectivity index (χ0) is 35.0. The zero-order valence-electron chi connectivity index (χ0n) is 29.0.